The Kier molecular flexibility index (Phi) is 13.8. The topological polar surface area (TPSA) is 49.2 Å². The van der Waals surface area contributed by atoms with Crippen molar-refractivity contribution < 1.29 is 31.1 Å². The van der Waals surface area contributed by atoms with Gasteiger partial charge in [-0.3, -0.25) is 0 Å². The molecule has 0 bridgehead atoms. The summed E-state index contributed by atoms with van der Waals surface area (Å²) < 4.78 is 78.4. The number of nitrogens with one attached hydrogen (secondary N) is 1. The van der Waals surface area contributed by atoms with Crippen LogP contribution in [0.1, 0.15) is 13.8 Å². The number of halogens is 7. The molecule has 0 aromatic heterocycles. The van der Waals surface area contributed by atoms with Crippen molar-refractivity contribution >= 4 is 37.3 Å². The number of alkyl halides is 6. The molecule has 33 heavy (non-hydrogen) atoms. The normalized spacial score (nSPS) is 12.9. The van der Waals surface area contributed by atoms with E-state index in [4.69, 9.17) is 11.6 Å². The Bertz CT molecular complexity index is 823. The first-order valence-corrected chi connectivity index (χ1v) is 10.8. The van der Waals surface area contributed by atoms with Crippen LogP contribution < -0.4 is 10.2 Å². The van der Waals surface area contributed by atoms with Crippen molar-refractivity contribution in [3.8, 4) is 12.8 Å². The number of hydrogen-bond donors (Lipinski definition) is 1. The van der Waals surface area contributed by atoms with Gasteiger partial charge in [0.2, 0.25) is 5.96 Å². The molecule has 0 radical (unpaired) electrons. The lowest BCUT2D eigenvalue weighted by molar-refractivity contribution is -0.173. The fourth-order valence-corrected chi connectivity index (χ4v) is 2.91. The molecule has 184 valence electrons. The van der Waals surface area contributed by atoms with E-state index in [1.165, 1.54) is 6.92 Å². The maximum atomic E-state index is 12.4. The molecule has 0 saturated carbocycles. The Balaban J connectivity index is 0.00000497. The maximum absolute atomic E-state index is 12.4. The molecule has 1 aromatic rings. The Labute approximate surface area is 195 Å². The SMILES string of the molecule is C#C.C=C(NC(=N/COCC(F)(F)F)/N=C(\C)PCC(F)(F)F)N(CC)c1ccc(Cl)cc1. The summed E-state index contributed by atoms with van der Waals surface area (Å²) in [6.07, 6.45) is -1.95. The second kappa shape index (κ2) is 14.8. The van der Waals surface area contributed by atoms with Crippen LogP contribution in [0.15, 0.2) is 46.7 Å². The standard InChI is InChI=1S/C18H22ClF6N4OP.C2H2/c1-4-29(15-7-5-14(19)6-8-15)12(2)27-16(26-11-30-9-17(20,21)22)28-13(3)31-10-18(23,24)25;1-2/h5-8,31H,2,4,9-11H2,1,3H3,(H,26,27);1-2H/b28-13+;. The highest BCUT2D eigenvalue weighted by atomic mass is 35.5. The highest BCUT2D eigenvalue weighted by molar-refractivity contribution is 7.58. The van der Waals surface area contributed by atoms with Gasteiger partial charge in [0.05, 0.1) is 6.16 Å². The fourth-order valence-electron chi connectivity index (χ4n) is 2.14. The molecule has 1 aromatic carbocycles. The van der Waals surface area contributed by atoms with Crippen LogP contribution in [0.25, 0.3) is 0 Å². The molecule has 0 aliphatic carbocycles. The van der Waals surface area contributed by atoms with Gasteiger partial charge in [-0.15, -0.1) is 12.8 Å². The first-order valence-electron chi connectivity index (χ1n) is 9.18. The zero-order chi connectivity index (χ0) is 25.7. The zero-order valence-corrected chi connectivity index (χ0v) is 19.7. The second-order valence-corrected chi connectivity index (χ2v) is 7.90. The summed E-state index contributed by atoms with van der Waals surface area (Å²) in [6, 6.07) is 6.77. The summed E-state index contributed by atoms with van der Waals surface area (Å²) in [6.45, 7) is 5.29. The van der Waals surface area contributed by atoms with Crippen molar-refractivity contribution in [2.75, 3.05) is 30.9 Å². The average molecular weight is 517 g/mol. The van der Waals surface area contributed by atoms with E-state index in [1.807, 2.05) is 6.92 Å². The number of ether oxygens (including phenoxy) is 1. The molecule has 1 N–H and O–H groups in total. The lowest BCUT2D eigenvalue weighted by atomic mass is 10.3. The molecule has 5 nitrogen and oxygen atoms in total. The summed E-state index contributed by atoms with van der Waals surface area (Å²) in [4.78, 5) is 9.46. The van der Waals surface area contributed by atoms with E-state index in [0.717, 1.165) is 0 Å². The molecule has 1 rings (SSSR count). The molecule has 0 saturated heterocycles. The van der Waals surface area contributed by atoms with Gasteiger partial charge in [-0.25, -0.2) is 9.98 Å². The first kappa shape index (κ1) is 30.7. The smallest absolute Gasteiger partial charge is 0.350 e. The van der Waals surface area contributed by atoms with E-state index in [-0.39, 0.29) is 17.2 Å². The number of guanidine groups is 1. The highest BCUT2D eigenvalue weighted by Crippen LogP contribution is 2.26. The maximum Gasteiger partial charge on any atom is 0.411 e. The number of rotatable bonds is 9. The monoisotopic (exact) mass is 516 g/mol. The van der Waals surface area contributed by atoms with Gasteiger partial charge in [0.25, 0.3) is 0 Å². The minimum atomic E-state index is -4.53. The van der Waals surface area contributed by atoms with E-state index in [2.05, 4.69) is 39.5 Å². The molecule has 0 aliphatic heterocycles. The number of benzene rings is 1. The van der Waals surface area contributed by atoms with E-state index < -0.39 is 40.4 Å². The summed E-state index contributed by atoms with van der Waals surface area (Å²) >= 11 is 5.88. The van der Waals surface area contributed by atoms with Crippen LogP contribution in [0, 0.1) is 12.8 Å². The van der Waals surface area contributed by atoms with Crippen molar-refractivity contribution in [3.63, 3.8) is 0 Å². The average Bonchev–Trinajstić information content (AvgIpc) is 2.72. The Morgan fingerprint density at radius 3 is 2.21 bits per heavy atom. The van der Waals surface area contributed by atoms with Crippen LogP contribution in [-0.4, -0.2) is 49.8 Å². The predicted octanol–water partition coefficient (Wildman–Crippen LogP) is 6.03. The summed E-state index contributed by atoms with van der Waals surface area (Å²) in [5, 5.41) is 3.25. The van der Waals surface area contributed by atoms with Crippen molar-refractivity contribution in [3.05, 3.63) is 41.7 Å². The number of terminal acetylenes is 1. The molecular weight excluding hydrogens is 493 g/mol. The molecule has 13 heteroatoms. The van der Waals surface area contributed by atoms with E-state index in [0.29, 0.717) is 17.3 Å². The molecule has 0 fully saturated rings. The van der Waals surface area contributed by atoms with Gasteiger partial charge in [0.1, 0.15) is 19.2 Å². The third-order valence-electron chi connectivity index (χ3n) is 3.43. The Morgan fingerprint density at radius 1 is 1.15 bits per heavy atom. The van der Waals surface area contributed by atoms with Crippen LogP contribution in [0.5, 0.6) is 0 Å². The van der Waals surface area contributed by atoms with Crippen molar-refractivity contribution in [2.45, 2.75) is 26.2 Å². The minimum absolute atomic E-state index is 0.113. The molecule has 0 amide bonds. The van der Waals surface area contributed by atoms with Crippen LogP contribution in [0.2, 0.25) is 5.02 Å². The predicted molar refractivity (Wildman–Crippen MR) is 123 cm³/mol. The summed E-state index contributed by atoms with van der Waals surface area (Å²) in [5.41, 5.74) is 0.818. The summed E-state index contributed by atoms with van der Waals surface area (Å²) in [7, 11) is -0.665. The number of hydrogen-bond acceptors (Lipinski definition) is 3. The quantitative estimate of drug-likeness (QED) is 0.109. The number of aliphatic imine (C=N–C) groups is 2. The minimum Gasteiger partial charge on any atom is -0.350 e. The lowest BCUT2D eigenvalue weighted by Crippen LogP contribution is -2.34. The lowest BCUT2D eigenvalue weighted by Gasteiger charge is -2.26. The fraction of sp³-hybridized carbons (Fsp3) is 0.400. The van der Waals surface area contributed by atoms with Crippen molar-refractivity contribution in [1.29, 1.82) is 0 Å². The zero-order valence-electron chi connectivity index (χ0n) is 17.9. The Morgan fingerprint density at radius 2 is 1.73 bits per heavy atom. The van der Waals surface area contributed by atoms with E-state index >= 15 is 0 Å². The molecular formula is C20H24ClF6N4OP. The van der Waals surface area contributed by atoms with Crippen LogP contribution in [-0.2, 0) is 4.74 Å². The first-order chi connectivity index (χ1) is 15.3. The van der Waals surface area contributed by atoms with Gasteiger partial charge in [-0.2, -0.15) is 26.3 Å². The van der Waals surface area contributed by atoms with Gasteiger partial charge in [-0.05, 0) is 38.1 Å². The highest BCUT2D eigenvalue weighted by Gasteiger charge is 2.28. The van der Waals surface area contributed by atoms with Gasteiger partial charge < -0.3 is 15.0 Å². The molecule has 0 heterocycles. The molecule has 1 atom stereocenters. The second-order valence-electron chi connectivity index (χ2n) is 6.03. The summed E-state index contributed by atoms with van der Waals surface area (Å²) in [5.74, 6) is 0.0434. The van der Waals surface area contributed by atoms with E-state index in [9.17, 15) is 26.3 Å². The van der Waals surface area contributed by atoms with Crippen LogP contribution >= 0.6 is 20.2 Å². The third-order valence-corrected chi connectivity index (χ3v) is 4.88. The van der Waals surface area contributed by atoms with Gasteiger partial charge in [0.15, 0.2) is 0 Å². The molecule has 1 unspecified atom stereocenters. The van der Waals surface area contributed by atoms with Gasteiger partial charge >= 0.3 is 12.4 Å². The third kappa shape index (κ3) is 14.5. The Hall–Kier alpha value is -2.28. The van der Waals surface area contributed by atoms with Crippen molar-refractivity contribution in [1.82, 2.24) is 5.32 Å². The largest absolute Gasteiger partial charge is 0.411 e. The molecule has 0 spiro atoms. The number of nitrogens with zero attached hydrogens (tertiary/aromatic N) is 3. The number of anilines is 1. The van der Waals surface area contributed by atoms with Crippen LogP contribution in [0.4, 0.5) is 32.0 Å². The van der Waals surface area contributed by atoms with Gasteiger partial charge in [-0.1, -0.05) is 26.8 Å². The van der Waals surface area contributed by atoms with Crippen LogP contribution in [0.3, 0.4) is 0 Å². The van der Waals surface area contributed by atoms with Gasteiger partial charge in [0, 0.05) is 22.7 Å². The van der Waals surface area contributed by atoms with E-state index in [1.54, 1.807) is 29.2 Å². The molecule has 0 aliphatic rings. The van der Waals surface area contributed by atoms with Crippen molar-refractivity contribution in [2.24, 2.45) is 9.98 Å².